The third-order valence-electron chi connectivity index (χ3n) is 6.51. The number of hydrogen-bond acceptors (Lipinski definition) is 6. The molecular formula is C30H26F3N7O2. The fraction of sp³-hybridized carbons (Fsp3) is 0.133. The summed E-state index contributed by atoms with van der Waals surface area (Å²) in [6.07, 6.45) is -1.64. The van der Waals surface area contributed by atoms with Gasteiger partial charge in [-0.2, -0.15) is 13.2 Å². The summed E-state index contributed by atoms with van der Waals surface area (Å²) in [6.45, 7) is 1.77. The van der Waals surface area contributed by atoms with Crippen LogP contribution in [0.2, 0.25) is 0 Å². The van der Waals surface area contributed by atoms with Crippen molar-refractivity contribution in [2.75, 3.05) is 34.9 Å². The first kappa shape index (κ1) is 28.1. The van der Waals surface area contributed by atoms with Crippen molar-refractivity contribution in [1.29, 1.82) is 0 Å². The Morgan fingerprint density at radius 3 is 2.43 bits per heavy atom. The summed E-state index contributed by atoms with van der Waals surface area (Å²) in [5, 5.41) is 9.31. The predicted molar refractivity (Wildman–Crippen MR) is 157 cm³/mol. The van der Waals surface area contributed by atoms with Gasteiger partial charge in [-0.25, -0.2) is 14.8 Å². The molecule has 0 atom stereocenters. The molecule has 0 radical (unpaired) electrons. The minimum atomic E-state index is -4.57. The Bertz CT molecular complexity index is 1800. The van der Waals surface area contributed by atoms with Gasteiger partial charge in [0.25, 0.3) is 5.91 Å². The zero-order chi connectivity index (χ0) is 30.0. The lowest BCUT2D eigenvalue weighted by Crippen LogP contribution is -2.20. The van der Waals surface area contributed by atoms with E-state index in [4.69, 9.17) is 0 Å². The molecular weight excluding hydrogens is 547 g/mol. The maximum absolute atomic E-state index is 13.3. The van der Waals surface area contributed by atoms with E-state index < -0.39 is 23.7 Å². The predicted octanol–water partition coefficient (Wildman–Crippen LogP) is 6.90. The maximum Gasteiger partial charge on any atom is 0.416 e. The van der Waals surface area contributed by atoms with Gasteiger partial charge in [-0.3, -0.25) is 9.36 Å². The van der Waals surface area contributed by atoms with Gasteiger partial charge in [-0.1, -0.05) is 18.2 Å². The number of anilines is 5. The molecule has 0 saturated carbocycles. The van der Waals surface area contributed by atoms with Gasteiger partial charge in [0.1, 0.15) is 12.1 Å². The Kier molecular flexibility index (Phi) is 7.53. The SMILES string of the molecule is Cc1ccc(NC(=O)c2cccc(C(F)(F)F)c2)cc1NC(=O)n1ccc2c(Nc3cccc(N(C)C)c3)ncnc21. The first-order valence-corrected chi connectivity index (χ1v) is 12.8. The van der Waals surface area contributed by atoms with Gasteiger partial charge in [0.2, 0.25) is 0 Å². The van der Waals surface area contributed by atoms with Crippen molar-refractivity contribution in [2.45, 2.75) is 13.1 Å². The van der Waals surface area contributed by atoms with E-state index in [0.717, 1.165) is 23.5 Å². The van der Waals surface area contributed by atoms with E-state index in [1.165, 1.54) is 29.1 Å². The number of nitrogens with one attached hydrogen (secondary N) is 3. The number of aromatic nitrogens is 3. The second-order valence-corrected chi connectivity index (χ2v) is 9.71. The summed E-state index contributed by atoms with van der Waals surface area (Å²) in [5.74, 6) is -0.190. The number of rotatable bonds is 6. The molecule has 12 heteroatoms. The van der Waals surface area contributed by atoms with Gasteiger partial charge in [0.05, 0.1) is 10.9 Å². The smallest absolute Gasteiger partial charge is 0.378 e. The van der Waals surface area contributed by atoms with Crippen molar-refractivity contribution in [1.82, 2.24) is 14.5 Å². The van der Waals surface area contributed by atoms with E-state index >= 15 is 0 Å². The van der Waals surface area contributed by atoms with Gasteiger partial charge in [0, 0.05) is 48.6 Å². The van der Waals surface area contributed by atoms with Gasteiger partial charge in [-0.05, 0) is 67.1 Å². The van der Waals surface area contributed by atoms with Gasteiger partial charge >= 0.3 is 12.2 Å². The van der Waals surface area contributed by atoms with Crippen molar-refractivity contribution < 1.29 is 22.8 Å². The zero-order valence-corrected chi connectivity index (χ0v) is 22.8. The number of hydrogen-bond donors (Lipinski definition) is 3. The number of amides is 2. The van der Waals surface area contributed by atoms with Gasteiger partial charge in [-0.15, -0.1) is 0 Å². The molecule has 42 heavy (non-hydrogen) atoms. The van der Waals surface area contributed by atoms with Crippen molar-refractivity contribution >= 4 is 51.5 Å². The van der Waals surface area contributed by atoms with Crippen LogP contribution in [0.4, 0.5) is 46.5 Å². The van der Waals surface area contributed by atoms with Crippen LogP contribution < -0.4 is 20.9 Å². The summed E-state index contributed by atoms with van der Waals surface area (Å²) >= 11 is 0. The lowest BCUT2D eigenvalue weighted by molar-refractivity contribution is -0.137. The fourth-order valence-electron chi connectivity index (χ4n) is 4.26. The highest BCUT2D eigenvalue weighted by molar-refractivity contribution is 6.05. The van der Waals surface area contributed by atoms with Crippen LogP contribution in [0.3, 0.4) is 0 Å². The van der Waals surface area contributed by atoms with Crippen LogP contribution in [-0.2, 0) is 6.18 Å². The molecule has 2 amide bonds. The van der Waals surface area contributed by atoms with Crippen molar-refractivity contribution in [3.05, 3.63) is 102 Å². The topological polar surface area (TPSA) is 104 Å². The van der Waals surface area contributed by atoms with Crippen LogP contribution in [0.5, 0.6) is 0 Å². The molecule has 0 aliphatic carbocycles. The van der Waals surface area contributed by atoms with Crippen LogP contribution >= 0.6 is 0 Å². The third kappa shape index (κ3) is 6.02. The fourth-order valence-corrected chi connectivity index (χ4v) is 4.26. The maximum atomic E-state index is 13.3. The highest BCUT2D eigenvalue weighted by Crippen LogP contribution is 2.30. The van der Waals surface area contributed by atoms with Gasteiger partial charge in [0.15, 0.2) is 5.65 Å². The molecule has 214 valence electrons. The van der Waals surface area contributed by atoms with E-state index in [9.17, 15) is 22.8 Å². The first-order valence-electron chi connectivity index (χ1n) is 12.8. The Morgan fingerprint density at radius 1 is 0.881 bits per heavy atom. The van der Waals surface area contributed by atoms with Crippen LogP contribution in [0.15, 0.2) is 85.3 Å². The molecule has 3 aromatic carbocycles. The molecule has 0 aliphatic heterocycles. The number of halogens is 3. The monoisotopic (exact) mass is 573 g/mol. The summed E-state index contributed by atoms with van der Waals surface area (Å²) in [6, 6.07) is 18.0. The number of carbonyl (C=O) groups excluding carboxylic acids is 2. The largest absolute Gasteiger partial charge is 0.416 e. The summed E-state index contributed by atoms with van der Waals surface area (Å²) < 4.78 is 40.5. The van der Waals surface area contributed by atoms with E-state index in [-0.39, 0.29) is 5.56 Å². The number of benzene rings is 3. The lowest BCUT2D eigenvalue weighted by Gasteiger charge is -2.14. The van der Waals surface area contributed by atoms with Crippen molar-refractivity contribution in [2.24, 2.45) is 0 Å². The summed E-state index contributed by atoms with van der Waals surface area (Å²) in [5.41, 5.74) is 2.53. The van der Waals surface area contributed by atoms with Crippen LogP contribution in [0, 0.1) is 6.92 Å². The highest BCUT2D eigenvalue weighted by atomic mass is 19.4. The standard InChI is InChI=1S/C30H26F3N7O2/c1-18-10-11-22(37-28(41)19-6-4-7-20(14-19)30(31,32)33)16-25(18)38-29(42)40-13-12-24-26(34-17-35-27(24)40)36-21-8-5-9-23(15-21)39(2)3/h4-17H,1-3H3,(H,37,41)(H,38,42)(H,34,35,36). The molecule has 3 N–H and O–H groups in total. The molecule has 9 nitrogen and oxygen atoms in total. The second kappa shape index (κ2) is 11.2. The van der Waals surface area contributed by atoms with E-state index in [2.05, 4.69) is 25.9 Å². The van der Waals surface area contributed by atoms with Crippen molar-refractivity contribution in [3.63, 3.8) is 0 Å². The lowest BCUT2D eigenvalue weighted by atomic mass is 10.1. The molecule has 0 aliphatic rings. The minimum Gasteiger partial charge on any atom is -0.378 e. The van der Waals surface area contributed by atoms with Crippen LogP contribution in [0.1, 0.15) is 21.5 Å². The second-order valence-electron chi connectivity index (χ2n) is 9.71. The molecule has 0 bridgehead atoms. The van der Waals surface area contributed by atoms with Gasteiger partial charge < -0.3 is 20.9 Å². The minimum absolute atomic E-state index is 0.146. The highest BCUT2D eigenvalue weighted by Gasteiger charge is 2.31. The third-order valence-corrected chi connectivity index (χ3v) is 6.51. The van der Waals surface area contributed by atoms with E-state index in [1.54, 1.807) is 31.3 Å². The number of alkyl halides is 3. The summed E-state index contributed by atoms with van der Waals surface area (Å²) in [4.78, 5) is 36.6. The normalized spacial score (nSPS) is 11.3. The summed E-state index contributed by atoms with van der Waals surface area (Å²) in [7, 11) is 3.89. The Hall–Kier alpha value is -5.39. The molecule has 2 aromatic heterocycles. The quantitative estimate of drug-likeness (QED) is 0.204. The van der Waals surface area contributed by atoms with E-state index in [0.29, 0.717) is 33.8 Å². The Morgan fingerprint density at radius 2 is 1.67 bits per heavy atom. The molecule has 2 heterocycles. The van der Waals surface area contributed by atoms with Crippen molar-refractivity contribution in [3.8, 4) is 0 Å². The zero-order valence-electron chi connectivity index (χ0n) is 22.8. The number of fused-ring (bicyclic) bond motifs is 1. The Labute approximate surface area is 239 Å². The Balaban J connectivity index is 1.35. The van der Waals surface area contributed by atoms with Crippen LogP contribution in [0.25, 0.3) is 11.0 Å². The molecule has 0 fully saturated rings. The molecule has 0 saturated heterocycles. The molecule has 0 spiro atoms. The molecule has 5 aromatic rings. The number of aryl methyl sites for hydroxylation is 1. The average molecular weight is 574 g/mol. The average Bonchev–Trinajstić information content (AvgIpc) is 3.40. The van der Waals surface area contributed by atoms with Crippen LogP contribution in [-0.4, -0.2) is 40.6 Å². The molecule has 0 unspecified atom stereocenters. The first-order chi connectivity index (χ1) is 20.0. The molecule has 5 rings (SSSR count). The van der Waals surface area contributed by atoms with E-state index in [1.807, 2.05) is 43.3 Å². The number of nitrogens with zero attached hydrogens (tertiary/aromatic N) is 4. The number of carbonyl (C=O) groups is 2.